The van der Waals surface area contributed by atoms with Gasteiger partial charge in [-0.15, -0.1) is 0 Å². The predicted molar refractivity (Wildman–Crippen MR) is 130 cm³/mol. The van der Waals surface area contributed by atoms with Crippen molar-refractivity contribution in [1.29, 1.82) is 0 Å². The second-order valence-electron chi connectivity index (χ2n) is 8.85. The van der Waals surface area contributed by atoms with Gasteiger partial charge in [0, 0.05) is 23.4 Å². The highest BCUT2D eigenvalue weighted by Crippen LogP contribution is 2.32. The van der Waals surface area contributed by atoms with E-state index < -0.39 is 11.9 Å². The van der Waals surface area contributed by atoms with Crippen molar-refractivity contribution < 1.29 is 23.4 Å². The van der Waals surface area contributed by atoms with Gasteiger partial charge in [-0.1, -0.05) is 17.9 Å². The summed E-state index contributed by atoms with van der Waals surface area (Å²) in [7, 11) is 1.56. The largest absolute Gasteiger partial charge is 0.497 e. The number of nitrogens with zero attached hydrogens (tertiary/aromatic N) is 1. The van der Waals surface area contributed by atoms with E-state index in [0.29, 0.717) is 60.0 Å². The van der Waals surface area contributed by atoms with Crippen LogP contribution in [0.15, 0.2) is 48.7 Å². The van der Waals surface area contributed by atoms with Gasteiger partial charge in [0.1, 0.15) is 17.4 Å². The average Bonchev–Trinajstić information content (AvgIpc) is 2.87. The van der Waals surface area contributed by atoms with Crippen LogP contribution < -0.4 is 10.1 Å². The van der Waals surface area contributed by atoms with Crippen molar-refractivity contribution in [3.63, 3.8) is 0 Å². The van der Waals surface area contributed by atoms with E-state index in [1.165, 1.54) is 18.3 Å². The third-order valence-electron chi connectivity index (χ3n) is 6.67. The van der Waals surface area contributed by atoms with E-state index in [1.807, 2.05) is 0 Å². The summed E-state index contributed by atoms with van der Waals surface area (Å²) >= 11 is 0. The van der Waals surface area contributed by atoms with Crippen LogP contribution in [0.1, 0.15) is 30.4 Å². The Bertz CT molecular complexity index is 1270. The Labute approximate surface area is 203 Å². The molecule has 3 aromatic rings. The van der Waals surface area contributed by atoms with Crippen LogP contribution >= 0.6 is 0 Å². The van der Waals surface area contributed by atoms with E-state index in [4.69, 9.17) is 4.74 Å². The minimum absolute atomic E-state index is 0.145. The zero-order valence-electron chi connectivity index (χ0n) is 19.6. The number of aromatic nitrogens is 1. The first kappa shape index (κ1) is 24.6. The Balaban J connectivity index is 1.58. The summed E-state index contributed by atoms with van der Waals surface area (Å²) in [4.78, 5) is 16.1. The van der Waals surface area contributed by atoms with Gasteiger partial charge in [0.15, 0.2) is 0 Å². The van der Waals surface area contributed by atoms with E-state index in [-0.39, 0.29) is 23.5 Å². The molecule has 35 heavy (non-hydrogen) atoms. The number of fused-ring (bicyclic) bond motifs is 1. The fraction of sp³-hybridized carbons (Fsp3) is 0.357. The maximum absolute atomic E-state index is 14.8. The SMILES string of the molecule is COc1ccc2ncc(F)c(CCCC(C#Cc3cccc(F)c3)C3CCNCC3C(=O)O)c2c1. The molecule has 1 aromatic heterocycles. The van der Waals surface area contributed by atoms with Gasteiger partial charge in [-0.3, -0.25) is 9.78 Å². The highest BCUT2D eigenvalue weighted by molar-refractivity contribution is 5.83. The molecule has 182 valence electrons. The summed E-state index contributed by atoms with van der Waals surface area (Å²) in [6.45, 7) is 1.11. The number of piperidine rings is 1. The van der Waals surface area contributed by atoms with Crippen molar-refractivity contribution in [2.45, 2.75) is 25.7 Å². The maximum atomic E-state index is 14.8. The lowest BCUT2D eigenvalue weighted by Crippen LogP contribution is -2.43. The van der Waals surface area contributed by atoms with Crippen molar-refractivity contribution in [2.24, 2.45) is 17.8 Å². The Morgan fingerprint density at radius 2 is 2.14 bits per heavy atom. The third-order valence-corrected chi connectivity index (χ3v) is 6.67. The molecule has 2 heterocycles. The van der Waals surface area contributed by atoms with Gasteiger partial charge in [0.05, 0.1) is 24.7 Å². The molecular formula is C28H28F2N2O3. The number of ether oxygens (including phenoxy) is 1. The molecule has 1 aliphatic rings. The maximum Gasteiger partial charge on any atom is 0.308 e. The summed E-state index contributed by atoms with van der Waals surface area (Å²) < 4.78 is 33.7. The Kier molecular flexibility index (Phi) is 7.94. The summed E-state index contributed by atoms with van der Waals surface area (Å²) in [6, 6.07) is 11.4. The summed E-state index contributed by atoms with van der Waals surface area (Å²) in [5.74, 6) is 4.40. The number of rotatable bonds is 7. The second-order valence-corrected chi connectivity index (χ2v) is 8.85. The number of pyridine rings is 1. The molecule has 0 radical (unpaired) electrons. The first-order valence-electron chi connectivity index (χ1n) is 11.8. The van der Waals surface area contributed by atoms with Gasteiger partial charge < -0.3 is 15.2 Å². The van der Waals surface area contributed by atoms with Crippen LogP contribution in [0.2, 0.25) is 0 Å². The zero-order valence-corrected chi connectivity index (χ0v) is 19.6. The fourth-order valence-corrected chi connectivity index (χ4v) is 4.85. The molecule has 0 saturated carbocycles. The number of methoxy groups -OCH3 is 1. The van der Waals surface area contributed by atoms with Gasteiger partial charge in [-0.25, -0.2) is 8.78 Å². The van der Waals surface area contributed by atoms with Crippen LogP contribution in [0.25, 0.3) is 10.9 Å². The lowest BCUT2D eigenvalue weighted by Gasteiger charge is -2.33. The van der Waals surface area contributed by atoms with Crippen LogP contribution in [0, 0.1) is 41.2 Å². The van der Waals surface area contributed by atoms with Crippen LogP contribution in [0.5, 0.6) is 5.75 Å². The van der Waals surface area contributed by atoms with Crippen molar-refractivity contribution >= 4 is 16.9 Å². The molecule has 0 amide bonds. The quantitative estimate of drug-likeness (QED) is 0.477. The van der Waals surface area contributed by atoms with Crippen molar-refractivity contribution in [3.8, 4) is 17.6 Å². The van der Waals surface area contributed by atoms with E-state index >= 15 is 0 Å². The number of nitrogens with one attached hydrogen (secondary N) is 1. The van der Waals surface area contributed by atoms with Crippen LogP contribution in [-0.4, -0.2) is 36.3 Å². The molecule has 2 aromatic carbocycles. The molecule has 1 fully saturated rings. The average molecular weight is 479 g/mol. The van der Waals surface area contributed by atoms with Crippen LogP contribution in [0.4, 0.5) is 8.78 Å². The van der Waals surface area contributed by atoms with Gasteiger partial charge >= 0.3 is 5.97 Å². The molecular weight excluding hydrogens is 450 g/mol. The monoisotopic (exact) mass is 478 g/mol. The smallest absolute Gasteiger partial charge is 0.308 e. The molecule has 2 N–H and O–H groups in total. The summed E-state index contributed by atoms with van der Waals surface area (Å²) in [5, 5.41) is 13.6. The zero-order chi connectivity index (χ0) is 24.8. The molecule has 5 nitrogen and oxygen atoms in total. The highest BCUT2D eigenvalue weighted by atomic mass is 19.1. The molecule has 0 bridgehead atoms. The normalized spacial score (nSPS) is 18.5. The molecule has 3 unspecified atom stereocenters. The number of carbonyl (C=O) groups is 1. The van der Waals surface area contributed by atoms with Crippen LogP contribution in [-0.2, 0) is 11.2 Å². The van der Waals surface area contributed by atoms with Crippen molar-refractivity contribution in [2.75, 3.05) is 20.2 Å². The van der Waals surface area contributed by atoms with Gasteiger partial charge in [-0.05, 0) is 80.1 Å². The first-order chi connectivity index (χ1) is 17.0. The van der Waals surface area contributed by atoms with Crippen molar-refractivity contribution in [3.05, 3.63) is 71.4 Å². The lowest BCUT2D eigenvalue weighted by molar-refractivity contribution is -0.144. The Morgan fingerprint density at radius 3 is 2.91 bits per heavy atom. The molecule has 3 atom stereocenters. The van der Waals surface area contributed by atoms with E-state index in [9.17, 15) is 18.7 Å². The molecule has 7 heteroatoms. The Morgan fingerprint density at radius 1 is 1.29 bits per heavy atom. The number of benzene rings is 2. The number of halogens is 2. The van der Waals surface area contributed by atoms with E-state index in [0.717, 1.165) is 6.54 Å². The standard InChI is InChI=1S/C28H28F2N2O3/c1-35-21-10-11-27-24(15-21)23(26(30)17-32-27)7-3-5-19(9-8-18-4-2-6-20(29)14-18)22-12-13-31-16-25(22)28(33)34/h2,4,6,10-11,14-15,17,19,22,25,31H,3,5,7,12-13,16H2,1H3,(H,33,34). The summed E-state index contributed by atoms with van der Waals surface area (Å²) in [5.41, 5.74) is 1.80. The topological polar surface area (TPSA) is 71.5 Å². The number of aryl methyl sites for hydroxylation is 1. The molecule has 4 rings (SSSR count). The number of aliphatic carboxylic acids is 1. The van der Waals surface area contributed by atoms with Gasteiger partial charge in [-0.2, -0.15) is 0 Å². The van der Waals surface area contributed by atoms with Crippen LogP contribution in [0.3, 0.4) is 0 Å². The third kappa shape index (κ3) is 5.95. The van der Waals surface area contributed by atoms with Crippen molar-refractivity contribution in [1.82, 2.24) is 10.3 Å². The number of carboxylic acid groups (broad SMARTS) is 1. The summed E-state index contributed by atoms with van der Waals surface area (Å²) in [6.07, 6.45) is 3.59. The minimum atomic E-state index is -0.849. The lowest BCUT2D eigenvalue weighted by atomic mass is 9.75. The second kappa shape index (κ2) is 11.3. The number of hydrogen-bond acceptors (Lipinski definition) is 4. The van der Waals surface area contributed by atoms with E-state index in [1.54, 1.807) is 37.4 Å². The van der Waals surface area contributed by atoms with Gasteiger partial charge in [0.2, 0.25) is 0 Å². The fourth-order valence-electron chi connectivity index (χ4n) is 4.85. The predicted octanol–water partition coefficient (Wildman–Crippen LogP) is 4.82. The Hall–Kier alpha value is -3.50. The number of hydrogen-bond donors (Lipinski definition) is 2. The number of carboxylic acids is 1. The molecule has 1 aliphatic heterocycles. The minimum Gasteiger partial charge on any atom is -0.497 e. The van der Waals surface area contributed by atoms with Gasteiger partial charge in [0.25, 0.3) is 0 Å². The molecule has 0 aliphatic carbocycles. The molecule has 1 saturated heterocycles. The highest BCUT2D eigenvalue weighted by Gasteiger charge is 2.35. The first-order valence-corrected chi connectivity index (χ1v) is 11.8. The molecule has 0 spiro atoms. The van der Waals surface area contributed by atoms with E-state index in [2.05, 4.69) is 22.1 Å².